The Bertz CT molecular complexity index is 1630. The van der Waals surface area contributed by atoms with Crippen molar-refractivity contribution in [3.05, 3.63) is 130 Å². The first-order valence-electron chi connectivity index (χ1n) is 13.6. The lowest BCUT2D eigenvalue weighted by Crippen LogP contribution is -2.57. The molecule has 5 atom stereocenters. The highest BCUT2D eigenvalue weighted by Gasteiger charge is 2.50. The predicted octanol–water partition coefficient (Wildman–Crippen LogP) is 3.67. The zero-order valence-electron chi connectivity index (χ0n) is 23.1. The number of nitrogens with two attached hydrogens (primary N) is 1. The van der Waals surface area contributed by atoms with Crippen molar-refractivity contribution in [2.45, 2.75) is 31.5 Å². The number of rotatable bonds is 8. The lowest BCUT2D eigenvalue weighted by molar-refractivity contribution is -0.228. The Morgan fingerprint density at radius 2 is 1.26 bits per heavy atom. The number of carbonyl (C=O) groups is 3. The summed E-state index contributed by atoms with van der Waals surface area (Å²) in [5, 5.41) is 0. The minimum atomic E-state index is -1.23. The molecule has 2 heterocycles. The number of esters is 3. The monoisotopic (exact) mass is 583 g/mol. The molecule has 2 N–H and O–H groups in total. The van der Waals surface area contributed by atoms with Crippen molar-refractivity contribution >= 4 is 23.7 Å². The Hall–Kier alpha value is -5.29. The highest BCUT2D eigenvalue weighted by molar-refractivity contribution is 5.90. The van der Waals surface area contributed by atoms with Gasteiger partial charge in [-0.3, -0.25) is 4.57 Å². The molecular formula is C32H29N3O8. The SMILES string of the molecule is CC1C(OC(=O)c2ccccc2)C(OC(=O)c2ccccc2)[C@@H](COC(=O)c2ccccc2)O[C@H]1n1ccc(N)nc1=O. The third-order valence-corrected chi connectivity index (χ3v) is 6.99. The second kappa shape index (κ2) is 13.1. The molecule has 43 heavy (non-hydrogen) atoms. The number of hydrogen-bond acceptors (Lipinski definition) is 10. The van der Waals surface area contributed by atoms with E-state index in [1.807, 2.05) is 0 Å². The highest BCUT2D eigenvalue weighted by Crippen LogP contribution is 2.37. The molecule has 1 saturated heterocycles. The molecule has 11 heteroatoms. The molecule has 1 fully saturated rings. The molecule has 5 rings (SSSR count). The first kappa shape index (κ1) is 29.2. The minimum absolute atomic E-state index is 0.0137. The van der Waals surface area contributed by atoms with Crippen LogP contribution < -0.4 is 11.4 Å². The highest BCUT2D eigenvalue weighted by atomic mass is 16.6. The molecule has 4 aromatic rings. The Morgan fingerprint density at radius 1 is 0.767 bits per heavy atom. The van der Waals surface area contributed by atoms with E-state index in [4.69, 9.17) is 24.7 Å². The molecular weight excluding hydrogens is 554 g/mol. The topological polar surface area (TPSA) is 149 Å². The Morgan fingerprint density at radius 3 is 1.77 bits per heavy atom. The van der Waals surface area contributed by atoms with Gasteiger partial charge in [-0.15, -0.1) is 0 Å². The molecule has 1 aliphatic rings. The van der Waals surface area contributed by atoms with Crippen molar-refractivity contribution in [2.24, 2.45) is 5.92 Å². The summed E-state index contributed by atoms with van der Waals surface area (Å²) in [7, 11) is 0. The van der Waals surface area contributed by atoms with Crippen molar-refractivity contribution in [1.82, 2.24) is 9.55 Å². The van der Waals surface area contributed by atoms with E-state index in [0.29, 0.717) is 5.56 Å². The van der Waals surface area contributed by atoms with Crippen LogP contribution in [-0.2, 0) is 18.9 Å². The molecule has 0 amide bonds. The van der Waals surface area contributed by atoms with Crippen LogP contribution in [0.1, 0.15) is 44.2 Å². The molecule has 3 unspecified atom stereocenters. The smallest absolute Gasteiger partial charge is 0.351 e. The fourth-order valence-corrected chi connectivity index (χ4v) is 4.79. The van der Waals surface area contributed by atoms with E-state index in [1.54, 1.807) is 97.9 Å². The number of nitrogen functional groups attached to an aromatic ring is 1. The van der Waals surface area contributed by atoms with Crippen molar-refractivity contribution in [2.75, 3.05) is 12.3 Å². The number of ether oxygens (including phenoxy) is 4. The molecule has 1 aromatic heterocycles. The fraction of sp³-hybridized carbons (Fsp3) is 0.219. The van der Waals surface area contributed by atoms with Gasteiger partial charge in [-0.1, -0.05) is 61.5 Å². The second-order valence-corrected chi connectivity index (χ2v) is 9.90. The van der Waals surface area contributed by atoms with Gasteiger partial charge < -0.3 is 24.7 Å². The van der Waals surface area contributed by atoms with Crippen LogP contribution in [0, 0.1) is 5.92 Å². The van der Waals surface area contributed by atoms with Gasteiger partial charge in [-0.05, 0) is 42.5 Å². The Balaban J connectivity index is 1.52. The number of nitrogens with zero attached hydrogens (tertiary/aromatic N) is 2. The largest absolute Gasteiger partial charge is 0.459 e. The summed E-state index contributed by atoms with van der Waals surface area (Å²) in [5.74, 6) is -2.75. The van der Waals surface area contributed by atoms with E-state index in [2.05, 4.69) is 4.98 Å². The maximum absolute atomic E-state index is 13.3. The summed E-state index contributed by atoms with van der Waals surface area (Å²) >= 11 is 0. The lowest BCUT2D eigenvalue weighted by Gasteiger charge is -2.44. The average Bonchev–Trinajstić information content (AvgIpc) is 3.03. The first-order chi connectivity index (χ1) is 20.8. The Labute approximate surface area is 246 Å². The van der Waals surface area contributed by atoms with Crippen LogP contribution >= 0.6 is 0 Å². The van der Waals surface area contributed by atoms with Gasteiger partial charge >= 0.3 is 23.6 Å². The van der Waals surface area contributed by atoms with Crippen molar-refractivity contribution in [3.63, 3.8) is 0 Å². The lowest BCUT2D eigenvalue weighted by atomic mass is 9.90. The fourth-order valence-electron chi connectivity index (χ4n) is 4.79. The molecule has 0 bridgehead atoms. The van der Waals surface area contributed by atoms with E-state index in [0.717, 1.165) is 0 Å². The van der Waals surface area contributed by atoms with Crippen LogP contribution in [-0.4, -0.2) is 52.4 Å². The summed E-state index contributed by atoms with van der Waals surface area (Å²) in [5.41, 5.74) is 5.81. The van der Waals surface area contributed by atoms with E-state index in [9.17, 15) is 19.2 Å². The molecule has 3 aromatic carbocycles. The van der Waals surface area contributed by atoms with E-state index in [-0.39, 0.29) is 23.6 Å². The molecule has 0 aliphatic carbocycles. The molecule has 11 nitrogen and oxygen atoms in total. The number of hydrogen-bond donors (Lipinski definition) is 1. The van der Waals surface area contributed by atoms with Gasteiger partial charge in [0.2, 0.25) is 0 Å². The third-order valence-electron chi connectivity index (χ3n) is 6.99. The van der Waals surface area contributed by atoms with Gasteiger partial charge in [0, 0.05) is 12.1 Å². The van der Waals surface area contributed by atoms with Gasteiger partial charge in [0.15, 0.2) is 6.10 Å². The summed E-state index contributed by atoms with van der Waals surface area (Å²) in [6.45, 7) is 1.30. The normalized spacial score (nSPS) is 21.4. The molecule has 0 spiro atoms. The molecule has 0 saturated carbocycles. The average molecular weight is 584 g/mol. The van der Waals surface area contributed by atoms with Crippen molar-refractivity contribution < 1.29 is 33.3 Å². The summed E-state index contributed by atoms with van der Waals surface area (Å²) in [4.78, 5) is 56.0. The van der Waals surface area contributed by atoms with Crippen LogP contribution in [0.4, 0.5) is 5.82 Å². The van der Waals surface area contributed by atoms with Crippen LogP contribution in [0.5, 0.6) is 0 Å². The van der Waals surface area contributed by atoms with Gasteiger partial charge in [0.25, 0.3) is 0 Å². The summed E-state index contributed by atoms with van der Waals surface area (Å²) in [6.07, 6.45) is -3.16. The molecule has 0 radical (unpaired) electrons. The Kier molecular flexibility index (Phi) is 8.92. The van der Waals surface area contributed by atoms with Gasteiger partial charge in [-0.2, -0.15) is 4.98 Å². The number of carbonyl (C=O) groups excluding carboxylic acids is 3. The minimum Gasteiger partial charge on any atom is -0.459 e. The quantitative estimate of drug-likeness (QED) is 0.241. The van der Waals surface area contributed by atoms with E-state index < -0.39 is 54.1 Å². The number of benzene rings is 3. The zero-order valence-corrected chi connectivity index (χ0v) is 23.1. The summed E-state index contributed by atoms with van der Waals surface area (Å²) < 4.78 is 25.0. The van der Waals surface area contributed by atoms with Crippen LogP contribution in [0.15, 0.2) is 108 Å². The zero-order chi connectivity index (χ0) is 30.3. The first-order valence-corrected chi connectivity index (χ1v) is 13.6. The standard InChI is InChI=1S/C32H29N3O8/c1-20-26(42-30(37)22-13-7-3-8-14-22)27(43-31(38)23-15-9-4-10-16-23)24(19-40-29(36)21-11-5-2-6-12-21)41-28(20)35-18-17-25(33)34-32(35)39/h2-18,20,24,26-28H,19H2,1H3,(H2,33,34,39)/t20?,24-,26?,27?,28-/m1/s1. The number of anilines is 1. The number of aromatic nitrogens is 2. The summed E-state index contributed by atoms with van der Waals surface area (Å²) in [6, 6.07) is 26.3. The van der Waals surface area contributed by atoms with Crippen LogP contribution in [0.25, 0.3) is 0 Å². The third kappa shape index (κ3) is 6.79. The molecule has 220 valence electrons. The predicted molar refractivity (Wildman–Crippen MR) is 154 cm³/mol. The van der Waals surface area contributed by atoms with Crippen molar-refractivity contribution in [3.8, 4) is 0 Å². The van der Waals surface area contributed by atoms with E-state index in [1.165, 1.54) is 16.8 Å². The maximum atomic E-state index is 13.3. The maximum Gasteiger partial charge on any atom is 0.351 e. The van der Waals surface area contributed by atoms with Gasteiger partial charge in [-0.25, -0.2) is 19.2 Å². The second-order valence-electron chi connectivity index (χ2n) is 9.90. The van der Waals surface area contributed by atoms with Crippen LogP contribution in [0.2, 0.25) is 0 Å². The van der Waals surface area contributed by atoms with Gasteiger partial charge in [0.05, 0.1) is 16.7 Å². The van der Waals surface area contributed by atoms with Crippen LogP contribution in [0.3, 0.4) is 0 Å². The van der Waals surface area contributed by atoms with Gasteiger partial charge in [0.1, 0.15) is 30.9 Å². The molecule has 1 aliphatic heterocycles. The van der Waals surface area contributed by atoms with E-state index >= 15 is 0 Å². The van der Waals surface area contributed by atoms with Crippen molar-refractivity contribution in [1.29, 1.82) is 0 Å².